The van der Waals surface area contributed by atoms with Gasteiger partial charge in [-0.2, -0.15) is 4.57 Å². The minimum Gasteiger partial charge on any atom is -0.455 e. The van der Waals surface area contributed by atoms with Crippen LogP contribution in [0.25, 0.3) is 50.1 Å². The normalized spacial score (nSPS) is 17.4. The smallest absolute Gasteiger partial charge is 0.294 e. The highest BCUT2D eigenvalue weighted by Crippen LogP contribution is 2.52. The van der Waals surface area contributed by atoms with Gasteiger partial charge in [0.25, 0.3) is 5.82 Å². The second-order valence-electron chi connectivity index (χ2n) is 13.9. The van der Waals surface area contributed by atoms with Crippen molar-refractivity contribution in [2.45, 2.75) is 97.4 Å². The molecule has 230 valence electrons. The van der Waals surface area contributed by atoms with Gasteiger partial charge in [-0.15, -0.1) is 0 Å². The van der Waals surface area contributed by atoms with Crippen LogP contribution in [0.1, 0.15) is 103 Å². The summed E-state index contributed by atoms with van der Waals surface area (Å²) in [6.07, 6.45) is 7.99. The van der Waals surface area contributed by atoms with Crippen LogP contribution < -0.4 is 4.57 Å². The Labute approximate surface area is 268 Å². The molecule has 0 N–H and O–H groups in total. The number of rotatable bonds is 7. The highest BCUT2D eigenvalue weighted by molar-refractivity contribution is 6.09. The van der Waals surface area contributed by atoms with Crippen LogP contribution in [-0.4, -0.2) is 4.57 Å². The molecule has 0 amide bonds. The molecule has 2 aromatic heterocycles. The van der Waals surface area contributed by atoms with E-state index in [4.69, 9.17) is 4.42 Å². The molecule has 1 aliphatic rings. The first kappa shape index (κ1) is 29.6. The van der Waals surface area contributed by atoms with E-state index < -0.39 is 0 Å². The third-order valence-corrected chi connectivity index (χ3v) is 11.3. The van der Waals surface area contributed by atoms with Gasteiger partial charge in [0.05, 0.1) is 5.56 Å². The Kier molecular flexibility index (Phi) is 7.07. The predicted octanol–water partition coefficient (Wildman–Crippen LogP) is 11.4. The monoisotopic (exact) mass is 595 g/mol. The Bertz CT molecular complexity index is 2020. The van der Waals surface area contributed by atoms with Gasteiger partial charge in [0, 0.05) is 32.9 Å². The Morgan fingerprint density at radius 1 is 0.733 bits per heavy atom. The third-order valence-electron chi connectivity index (χ3n) is 11.3. The molecule has 0 bridgehead atoms. The third kappa shape index (κ3) is 4.05. The molecule has 1 atom stereocenters. The van der Waals surface area contributed by atoms with E-state index in [1.807, 2.05) is 0 Å². The van der Waals surface area contributed by atoms with Crippen molar-refractivity contribution in [3.05, 3.63) is 108 Å². The van der Waals surface area contributed by atoms with Gasteiger partial charge in [0.15, 0.2) is 0 Å². The molecule has 7 rings (SSSR count). The first-order chi connectivity index (χ1) is 21.7. The zero-order valence-corrected chi connectivity index (χ0v) is 28.2. The lowest BCUT2D eigenvalue weighted by Crippen LogP contribution is -2.68. The second kappa shape index (κ2) is 10.8. The molecule has 0 radical (unpaired) electrons. The van der Waals surface area contributed by atoms with Gasteiger partial charge in [-0.3, -0.25) is 0 Å². The molecule has 3 heteroatoms. The van der Waals surface area contributed by atoms with Gasteiger partial charge in [-0.1, -0.05) is 110 Å². The first-order valence-corrected chi connectivity index (χ1v) is 17.0. The van der Waals surface area contributed by atoms with E-state index in [1.165, 1.54) is 50.1 Å². The summed E-state index contributed by atoms with van der Waals surface area (Å²) in [7, 11) is 0. The molecule has 1 aliphatic heterocycles. The average Bonchev–Trinajstić information content (AvgIpc) is 3.67. The molecule has 0 spiro atoms. The number of benzene rings is 4. The van der Waals surface area contributed by atoms with Gasteiger partial charge in [-0.05, 0) is 66.5 Å². The summed E-state index contributed by atoms with van der Waals surface area (Å²) >= 11 is 0. The summed E-state index contributed by atoms with van der Waals surface area (Å²) in [5.74, 6) is 1.96. The summed E-state index contributed by atoms with van der Waals surface area (Å²) in [6.45, 7) is 19.0. The predicted molar refractivity (Wildman–Crippen MR) is 188 cm³/mol. The largest absolute Gasteiger partial charge is 0.455 e. The number of fused-ring (bicyclic) bond motifs is 6. The maximum absolute atomic E-state index is 6.52. The minimum absolute atomic E-state index is 0.0104. The zero-order valence-electron chi connectivity index (χ0n) is 28.2. The highest BCUT2D eigenvalue weighted by Gasteiger charge is 2.57. The molecular formula is C42H47N2O+. The van der Waals surface area contributed by atoms with E-state index in [1.54, 1.807) is 0 Å². The van der Waals surface area contributed by atoms with Crippen LogP contribution in [0.2, 0.25) is 0 Å². The van der Waals surface area contributed by atoms with E-state index in [0.29, 0.717) is 11.8 Å². The molecule has 3 heterocycles. The summed E-state index contributed by atoms with van der Waals surface area (Å²) in [5, 5.41) is 2.34. The zero-order chi connectivity index (χ0) is 31.7. The molecular weight excluding hydrogens is 548 g/mol. The number of furan rings is 1. The van der Waals surface area contributed by atoms with Gasteiger partial charge in [0.2, 0.25) is 0 Å². The van der Waals surface area contributed by atoms with Crippen molar-refractivity contribution in [3.8, 4) is 28.2 Å². The molecule has 0 saturated carbocycles. The maximum Gasteiger partial charge on any atom is 0.294 e. The second-order valence-corrected chi connectivity index (χ2v) is 13.9. The van der Waals surface area contributed by atoms with Crippen molar-refractivity contribution >= 4 is 21.9 Å². The van der Waals surface area contributed by atoms with Gasteiger partial charge in [0.1, 0.15) is 34.8 Å². The molecule has 0 aliphatic carbocycles. The minimum atomic E-state index is -0.0104. The molecule has 1 unspecified atom stereocenters. The van der Waals surface area contributed by atoms with Gasteiger partial charge < -0.3 is 4.42 Å². The molecule has 6 aromatic rings. The van der Waals surface area contributed by atoms with Crippen molar-refractivity contribution in [1.82, 2.24) is 4.57 Å². The van der Waals surface area contributed by atoms with Crippen molar-refractivity contribution in [2.75, 3.05) is 0 Å². The molecule has 3 nitrogen and oxygen atoms in total. The number of hydrogen-bond acceptors (Lipinski definition) is 1. The first-order valence-electron chi connectivity index (χ1n) is 17.0. The fourth-order valence-corrected chi connectivity index (χ4v) is 8.71. The van der Waals surface area contributed by atoms with Crippen LogP contribution in [0, 0.1) is 0 Å². The van der Waals surface area contributed by atoms with E-state index >= 15 is 0 Å². The molecule has 0 fully saturated rings. The quantitative estimate of drug-likeness (QED) is 0.168. The standard InChI is InChI=1S/C42H47N2O/c1-9-41(8)36-21-14-12-18-33(36)40-43(23-24-44(40)42(41,10-2)11-3)38-34(27(4)5)25-29(26-35(38)28(6)7)30-19-16-20-32-31-17-13-15-22-37(31)45-39(30)32/h12-28H,9-11H2,1-8H3/q+1. The summed E-state index contributed by atoms with van der Waals surface area (Å²) in [6, 6.07) is 29.0. The number of nitrogens with zero attached hydrogens (tertiary/aromatic N) is 2. The lowest BCUT2D eigenvalue weighted by Gasteiger charge is -2.49. The molecule has 0 saturated heterocycles. The lowest BCUT2D eigenvalue weighted by atomic mass is 9.59. The van der Waals surface area contributed by atoms with Crippen molar-refractivity contribution in [3.63, 3.8) is 0 Å². The van der Waals surface area contributed by atoms with Gasteiger partial charge >= 0.3 is 0 Å². The van der Waals surface area contributed by atoms with E-state index in [9.17, 15) is 0 Å². The Balaban J connectivity index is 1.53. The van der Waals surface area contributed by atoms with E-state index in [-0.39, 0.29) is 11.0 Å². The summed E-state index contributed by atoms with van der Waals surface area (Å²) in [4.78, 5) is 0. The van der Waals surface area contributed by atoms with Crippen LogP contribution in [0.4, 0.5) is 0 Å². The maximum atomic E-state index is 6.52. The lowest BCUT2D eigenvalue weighted by molar-refractivity contribution is -0.768. The fraction of sp³-hybridized carbons (Fsp3) is 0.357. The average molecular weight is 596 g/mol. The van der Waals surface area contributed by atoms with Crippen LogP contribution in [0.3, 0.4) is 0 Å². The van der Waals surface area contributed by atoms with Gasteiger partial charge in [-0.25, -0.2) is 4.57 Å². The van der Waals surface area contributed by atoms with Crippen LogP contribution >= 0.6 is 0 Å². The highest BCUT2D eigenvalue weighted by atomic mass is 16.3. The topological polar surface area (TPSA) is 21.9 Å². The number of hydrogen-bond donors (Lipinski definition) is 0. The van der Waals surface area contributed by atoms with Crippen molar-refractivity contribution in [2.24, 2.45) is 0 Å². The Morgan fingerprint density at radius 2 is 1.36 bits per heavy atom. The van der Waals surface area contributed by atoms with Crippen molar-refractivity contribution < 1.29 is 8.98 Å². The number of imidazole rings is 1. The summed E-state index contributed by atoms with van der Waals surface area (Å²) in [5.41, 5.74) is 11.2. The summed E-state index contributed by atoms with van der Waals surface area (Å²) < 4.78 is 11.7. The molecule has 4 aromatic carbocycles. The fourth-order valence-electron chi connectivity index (χ4n) is 8.71. The van der Waals surface area contributed by atoms with E-state index in [0.717, 1.165) is 36.0 Å². The van der Waals surface area contributed by atoms with Crippen LogP contribution in [0.15, 0.2) is 95.7 Å². The number of aromatic nitrogens is 2. The van der Waals surface area contributed by atoms with Crippen LogP contribution in [0.5, 0.6) is 0 Å². The Morgan fingerprint density at radius 3 is 2.02 bits per heavy atom. The molecule has 45 heavy (non-hydrogen) atoms. The number of para-hydroxylation sites is 2. The van der Waals surface area contributed by atoms with Crippen LogP contribution in [-0.2, 0) is 11.0 Å². The van der Waals surface area contributed by atoms with E-state index in [2.05, 4.69) is 156 Å². The van der Waals surface area contributed by atoms with Crippen molar-refractivity contribution in [1.29, 1.82) is 0 Å². The Hall–Kier alpha value is -4.11. The SMILES string of the molecule is CCC1(C)c2ccccc2-c2n(-c3c(C(C)C)cc(-c4cccc5c4oc4ccccc45)cc3C(C)C)cc[n+]2C1(CC)CC.